The van der Waals surface area contributed by atoms with Gasteiger partial charge < -0.3 is 14.4 Å². The summed E-state index contributed by atoms with van der Waals surface area (Å²) in [6.07, 6.45) is 4.52. The van der Waals surface area contributed by atoms with Crippen LogP contribution >= 0.6 is 0 Å². The average molecular weight is 356 g/mol. The van der Waals surface area contributed by atoms with Gasteiger partial charge >= 0.3 is 5.97 Å². The van der Waals surface area contributed by atoms with E-state index >= 15 is 0 Å². The predicted octanol–water partition coefficient (Wildman–Crippen LogP) is 2.83. The summed E-state index contributed by atoms with van der Waals surface area (Å²) in [6, 6.07) is 13.2. The molecule has 0 unspecified atom stereocenters. The highest BCUT2D eigenvalue weighted by molar-refractivity contribution is 5.77. The van der Waals surface area contributed by atoms with E-state index in [1.165, 1.54) is 7.11 Å². The lowest BCUT2D eigenvalue weighted by Crippen LogP contribution is -2.32. The van der Waals surface area contributed by atoms with Crippen molar-refractivity contribution in [2.45, 2.75) is 25.8 Å². The first kappa shape index (κ1) is 19.4. The minimum Gasteiger partial charge on any atom is -0.494 e. The van der Waals surface area contributed by atoms with Crippen molar-refractivity contribution in [3.05, 3.63) is 60.4 Å². The van der Waals surface area contributed by atoms with E-state index in [4.69, 9.17) is 4.74 Å². The highest BCUT2D eigenvalue weighted by Gasteiger charge is 2.15. The molecule has 6 nitrogen and oxygen atoms in total. The smallest absolute Gasteiger partial charge is 0.307 e. The van der Waals surface area contributed by atoms with E-state index in [1.807, 2.05) is 42.5 Å². The minimum absolute atomic E-state index is 0.0117. The fourth-order valence-electron chi connectivity index (χ4n) is 2.42. The summed E-state index contributed by atoms with van der Waals surface area (Å²) >= 11 is 0. The molecule has 0 aliphatic carbocycles. The van der Waals surface area contributed by atoms with Crippen molar-refractivity contribution < 1.29 is 19.1 Å². The number of amides is 1. The number of para-hydroxylation sites is 1. The second kappa shape index (κ2) is 10.9. The van der Waals surface area contributed by atoms with Crippen molar-refractivity contribution in [1.82, 2.24) is 9.88 Å². The molecular formula is C20H24N2O4. The zero-order valence-corrected chi connectivity index (χ0v) is 15.0. The Morgan fingerprint density at radius 2 is 1.77 bits per heavy atom. The molecule has 0 radical (unpaired) electrons. The summed E-state index contributed by atoms with van der Waals surface area (Å²) in [7, 11) is 1.35. The Morgan fingerprint density at radius 1 is 1.04 bits per heavy atom. The molecule has 2 rings (SSSR count). The van der Waals surface area contributed by atoms with Crippen LogP contribution in [0.5, 0.6) is 5.75 Å². The van der Waals surface area contributed by atoms with Crippen molar-refractivity contribution in [2.75, 3.05) is 20.3 Å². The maximum atomic E-state index is 12.6. The molecule has 0 spiro atoms. The van der Waals surface area contributed by atoms with Gasteiger partial charge in [-0.15, -0.1) is 0 Å². The number of nitrogens with zero attached hydrogens (tertiary/aromatic N) is 2. The molecule has 0 fully saturated rings. The Hall–Kier alpha value is -2.89. The van der Waals surface area contributed by atoms with Crippen molar-refractivity contribution in [1.29, 1.82) is 0 Å². The number of hydrogen-bond donors (Lipinski definition) is 0. The monoisotopic (exact) mass is 356 g/mol. The van der Waals surface area contributed by atoms with Crippen LogP contribution in [0.3, 0.4) is 0 Å². The average Bonchev–Trinajstić information content (AvgIpc) is 2.69. The Balaban J connectivity index is 1.84. The molecule has 1 heterocycles. The standard InChI is InChI=1S/C20H24N2O4/c1-25-20(24)11-14-22(16-17-9-12-21-13-10-17)19(23)8-5-15-26-18-6-3-2-4-7-18/h2-4,6-7,9-10,12-13H,5,8,11,14-16H2,1H3. The van der Waals surface area contributed by atoms with E-state index in [9.17, 15) is 9.59 Å². The quantitative estimate of drug-likeness (QED) is 0.484. The summed E-state index contributed by atoms with van der Waals surface area (Å²) in [4.78, 5) is 29.6. The van der Waals surface area contributed by atoms with Crippen molar-refractivity contribution in [2.24, 2.45) is 0 Å². The molecular weight excluding hydrogens is 332 g/mol. The van der Waals surface area contributed by atoms with Crippen molar-refractivity contribution >= 4 is 11.9 Å². The second-order valence-electron chi connectivity index (χ2n) is 5.76. The van der Waals surface area contributed by atoms with Gasteiger partial charge in [0.05, 0.1) is 20.1 Å². The Labute approximate surface area is 153 Å². The first-order valence-corrected chi connectivity index (χ1v) is 8.60. The first-order valence-electron chi connectivity index (χ1n) is 8.60. The number of aromatic nitrogens is 1. The lowest BCUT2D eigenvalue weighted by atomic mass is 10.2. The van der Waals surface area contributed by atoms with Gasteiger partial charge in [-0.2, -0.15) is 0 Å². The second-order valence-corrected chi connectivity index (χ2v) is 5.76. The number of rotatable bonds is 10. The first-order chi connectivity index (χ1) is 12.7. The molecule has 0 aliphatic rings. The lowest BCUT2D eigenvalue weighted by Gasteiger charge is -2.22. The van der Waals surface area contributed by atoms with Crippen LogP contribution in [0.25, 0.3) is 0 Å². The Morgan fingerprint density at radius 3 is 2.46 bits per heavy atom. The van der Waals surface area contributed by atoms with Gasteiger partial charge in [0, 0.05) is 31.9 Å². The van der Waals surface area contributed by atoms with Gasteiger partial charge in [-0.25, -0.2) is 0 Å². The molecule has 1 aromatic carbocycles. The molecule has 1 amide bonds. The molecule has 138 valence electrons. The number of benzene rings is 1. The van der Waals surface area contributed by atoms with Gasteiger partial charge in [-0.1, -0.05) is 18.2 Å². The van der Waals surface area contributed by atoms with Gasteiger partial charge in [-0.05, 0) is 36.2 Å². The maximum absolute atomic E-state index is 12.6. The van der Waals surface area contributed by atoms with Gasteiger partial charge in [0.2, 0.25) is 5.91 Å². The maximum Gasteiger partial charge on any atom is 0.307 e. The van der Waals surface area contributed by atoms with Crippen LogP contribution in [0.1, 0.15) is 24.8 Å². The van der Waals surface area contributed by atoms with Gasteiger partial charge in [0.1, 0.15) is 5.75 Å². The van der Waals surface area contributed by atoms with E-state index < -0.39 is 0 Å². The number of pyridine rings is 1. The number of ether oxygens (including phenoxy) is 2. The van der Waals surface area contributed by atoms with Gasteiger partial charge in [-0.3, -0.25) is 14.6 Å². The van der Waals surface area contributed by atoms with Crippen LogP contribution < -0.4 is 4.74 Å². The molecule has 26 heavy (non-hydrogen) atoms. The number of methoxy groups -OCH3 is 1. The SMILES string of the molecule is COC(=O)CCN(Cc1ccncc1)C(=O)CCCOc1ccccc1. The zero-order chi connectivity index (χ0) is 18.6. The van der Waals surface area contributed by atoms with Crippen LogP contribution in [-0.4, -0.2) is 42.0 Å². The van der Waals surface area contributed by atoms with E-state index in [2.05, 4.69) is 9.72 Å². The van der Waals surface area contributed by atoms with Gasteiger partial charge in [0.25, 0.3) is 0 Å². The Bertz CT molecular complexity index is 677. The predicted molar refractivity (Wildman–Crippen MR) is 97.5 cm³/mol. The Kier molecular flexibility index (Phi) is 8.12. The highest BCUT2D eigenvalue weighted by atomic mass is 16.5. The van der Waals surface area contributed by atoms with Crippen LogP contribution in [0, 0.1) is 0 Å². The van der Waals surface area contributed by atoms with E-state index in [-0.39, 0.29) is 18.3 Å². The lowest BCUT2D eigenvalue weighted by molar-refractivity contribution is -0.142. The van der Waals surface area contributed by atoms with Crippen molar-refractivity contribution in [3.8, 4) is 5.75 Å². The van der Waals surface area contributed by atoms with Crippen molar-refractivity contribution in [3.63, 3.8) is 0 Å². The van der Waals surface area contributed by atoms with E-state index in [1.54, 1.807) is 17.3 Å². The number of carbonyl (C=O) groups is 2. The molecule has 6 heteroatoms. The molecule has 0 atom stereocenters. The van der Waals surface area contributed by atoms with E-state index in [0.717, 1.165) is 11.3 Å². The zero-order valence-electron chi connectivity index (χ0n) is 15.0. The summed E-state index contributed by atoms with van der Waals surface area (Å²) < 4.78 is 10.3. The molecule has 0 saturated heterocycles. The fourth-order valence-corrected chi connectivity index (χ4v) is 2.42. The summed E-state index contributed by atoms with van der Waals surface area (Å²) in [5.41, 5.74) is 0.971. The minimum atomic E-state index is -0.329. The van der Waals surface area contributed by atoms with Gasteiger partial charge in [0.15, 0.2) is 0 Å². The summed E-state index contributed by atoms with van der Waals surface area (Å²) in [5, 5.41) is 0. The fraction of sp³-hybridized carbons (Fsp3) is 0.350. The molecule has 0 saturated carbocycles. The number of hydrogen-bond acceptors (Lipinski definition) is 5. The van der Waals surface area contributed by atoms with Crippen LogP contribution in [0.4, 0.5) is 0 Å². The molecule has 0 N–H and O–H groups in total. The third-order valence-electron chi connectivity index (χ3n) is 3.84. The summed E-state index contributed by atoms with van der Waals surface area (Å²) in [5.74, 6) is 0.451. The third kappa shape index (κ3) is 6.93. The van der Waals surface area contributed by atoms with E-state index in [0.29, 0.717) is 32.5 Å². The molecule has 0 bridgehead atoms. The molecule has 0 aliphatic heterocycles. The van der Waals surface area contributed by atoms with Crippen LogP contribution in [-0.2, 0) is 20.9 Å². The molecule has 1 aromatic heterocycles. The highest BCUT2D eigenvalue weighted by Crippen LogP contribution is 2.11. The third-order valence-corrected chi connectivity index (χ3v) is 3.84. The number of carbonyl (C=O) groups excluding carboxylic acids is 2. The normalized spacial score (nSPS) is 10.2. The van der Waals surface area contributed by atoms with Crippen LogP contribution in [0.15, 0.2) is 54.9 Å². The largest absolute Gasteiger partial charge is 0.494 e. The van der Waals surface area contributed by atoms with Crippen LogP contribution in [0.2, 0.25) is 0 Å². The number of esters is 1. The summed E-state index contributed by atoms with van der Waals surface area (Å²) in [6.45, 7) is 1.24. The topological polar surface area (TPSA) is 68.7 Å². The molecule has 2 aromatic rings.